The van der Waals surface area contributed by atoms with Gasteiger partial charge in [0.1, 0.15) is 0 Å². The number of H-pyrrole nitrogens is 1. The van der Waals surface area contributed by atoms with Crippen LogP contribution in [0.1, 0.15) is 44.9 Å². The number of para-hydroxylation sites is 2. The van der Waals surface area contributed by atoms with Crippen molar-refractivity contribution in [2.75, 3.05) is 18.0 Å². The van der Waals surface area contributed by atoms with Crippen LogP contribution in [-0.4, -0.2) is 35.0 Å². The van der Waals surface area contributed by atoms with Crippen molar-refractivity contribution in [1.29, 1.82) is 0 Å². The summed E-state index contributed by atoms with van der Waals surface area (Å²) in [7, 11) is 0. The molecule has 0 radical (unpaired) electrons. The first-order valence-corrected chi connectivity index (χ1v) is 9.75. The molecule has 1 unspecified atom stereocenters. The topological polar surface area (TPSA) is 78.1 Å². The molecule has 2 N–H and O–H groups in total. The smallest absolute Gasteiger partial charge is 0.291 e. The fraction of sp³-hybridized carbons (Fsp3) is 0.550. The number of hydrogen-bond donors (Lipinski definition) is 2. The predicted molar refractivity (Wildman–Crippen MR) is 102 cm³/mol. The molecule has 1 atom stereocenters. The van der Waals surface area contributed by atoms with Gasteiger partial charge in [-0.25, -0.2) is 4.98 Å². The number of amides is 1. The van der Waals surface area contributed by atoms with Gasteiger partial charge in [0.2, 0.25) is 5.91 Å². The van der Waals surface area contributed by atoms with Crippen molar-refractivity contribution in [3.8, 4) is 0 Å². The summed E-state index contributed by atoms with van der Waals surface area (Å²) in [5.41, 5.74) is 1.33. The second kappa shape index (κ2) is 7.48. The lowest BCUT2D eigenvalue weighted by Crippen LogP contribution is -2.47. The minimum atomic E-state index is -0.183. The van der Waals surface area contributed by atoms with Crippen LogP contribution in [-0.2, 0) is 4.79 Å². The standard InChI is InChI=1S/C20H26N4O2/c25-19(21-15-8-2-1-3-9-15)14-7-6-12-24(13-14)18-20(26)23-17-11-5-4-10-16(17)22-18/h4-5,10-11,14-15H,1-3,6-9,12-13H2,(H,21,25)(H,23,26). The van der Waals surface area contributed by atoms with Crippen LogP contribution in [0, 0.1) is 5.92 Å². The summed E-state index contributed by atoms with van der Waals surface area (Å²) in [5.74, 6) is 0.496. The first-order chi connectivity index (χ1) is 12.7. The van der Waals surface area contributed by atoms with Crippen molar-refractivity contribution in [3.63, 3.8) is 0 Å². The highest BCUT2D eigenvalue weighted by Crippen LogP contribution is 2.23. The van der Waals surface area contributed by atoms with Crippen LogP contribution in [0.2, 0.25) is 0 Å². The molecular weight excluding hydrogens is 328 g/mol. The number of hydrogen-bond acceptors (Lipinski definition) is 4. The molecule has 2 heterocycles. The number of piperidine rings is 1. The molecule has 2 fully saturated rings. The van der Waals surface area contributed by atoms with Crippen LogP contribution < -0.4 is 15.8 Å². The van der Waals surface area contributed by atoms with E-state index in [-0.39, 0.29) is 17.4 Å². The zero-order chi connectivity index (χ0) is 17.9. The molecule has 1 aliphatic carbocycles. The number of anilines is 1. The summed E-state index contributed by atoms with van der Waals surface area (Å²) in [6.07, 6.45) is 7.65. The Balaban J connectivity index is 1.48. The molecular formula is C20H26N4O2. The van der Waals surface area contributed by atoms with E-state index in [2.05, 4.69) is 15.3 Å². The molecule has 1 saturated carbocycles. The summed E-state index contributed by atoms with van der Waals surface area (Å²) in [6, 6.07) is 7.87. The quantitative estimate of drug-likeness (QED) is 0.888. The molecule has 1 aliphatic heterocycles. The van der Waals surface area contributed by atoms with Gasteiger partial charge in [0.25, 0.3) is 5.56 Å². The lowest BCUT2D eigenvalue weighted by molar-refractivity contribution is -0.126. The van der Waals surface area contributed by atoms with Crippen LogP contribution in [0.5, 0.6) is 0 Å². The van der Waals surface area contributed by atoms with E-state index in [9.17, 15) is 9.59 Å². The molecule has 0 bridgehead atoms. The van der Waals surface area contributed by atoms with Crippen LogP contribution in [0.15, 0.2) is 29.1 Å². The fourth-order valence-electron chi connectivity index (χ4n) is 4.18. The monoisotopic (exact) mass is 354 g/mol. The third-order valence-corrected chi connectivity index (χ3v) is 5.62. The van der Waals surface area contributed by atoms with Crippen LogP contribution >= 0.6 is 0 Å². The molecule has 1 amide bonds. The molecule has 2 aromatic rings. The zero-order valence-electron chi connectivity index (χ0n) is 15.0. The largest absolute Gasteiger partial charge is 0.353 e. The second-order valence-corrected chi connectivity index (χ2v) is 7.54. The van der Waals surface area contributed by atoms with E-state index in [1.165, 1.54) is 19.3 Å². The van der Waals surface area contributed by atoms with Crippen LogP contribution in [0.25, 0.3) is 11.0 Å². The Morgan fingerprint density at radius 1 is 1.12 bits per heavy atom. The maximum atomic E-state index is 12.7. The van der Waals surface area contributed by atoms with E-state index in [1.807, 2.05) is 29.2 Å². The summed E-state index contributed by atoms with van der Waals surface area (Å²) >= 11 is 0. The zero-order valence-corrected chi connectivity index (χ0v) is 15.0. The minimum absolute atomic E-state index is 0.0710. The Labute approximate surface area is 153 Å². The van der Waals surface area contributed by atoms with E-state index in [0.717, 1.165) is 43.3 Å². The number of fused-ring (bicyclic) bond motifs is 1. The van der Waals surface area contributed by atoms with Crippen molar-refractivity contribution in [3.05, 3.63) is 34.6 Å². The van der Waals surface area contributed by atoms with Crippen molar-refractivity contribution in [2.45, 2.75) is 51.0 Å². The van der Waals surface area contributed by atoms with Gasteiger partial charge in [0.15, 0.2) is 5.82 Å². The summed E-state index contributed by atoms with van der Waals surface area (Å²) in [5, 5.41) is 3.23. The van der Waals surface area contributed by atoms with Crippen molar-refractivity contribution < 1.29 is 4.79 Å². The number of nitrogens with zero attached hydrogens (tertiary/aromatic N) is 2. The highest BCUT2D eigenvalue weighted by Gasteiger charge is 2.29. The summed E-state index contributed by atoms with van der Waals surface area (Å²) < 4.78 is 0. The Morgan fingerprint density at radius 2 is 1.92 bits per heavy atom. The molecule has 138 valence electrons. The third kappa shape index (κ3) is 3.59. The van der Waals surface area contributed by atoms with Gasteiger partial charge in [-0.05, 0) is 37.8 Å². The van der Waals surface area contributed by atoms with E-state index >= 15 is 0 Å². The molecule has 2 aliphatic rings. The number of aromatic nitrogens is 2. The second-order valence-electron chi connectivity index (χ2n) is 7.54. The maximum Gasteiger partial charge on any atom is 0.291 e. The van der Waals surface area contributed by atoms with Crippen molar-refractivity contribution in [1.82, 2.24) is 15.3 Å². The Morgan fingerprint density at radius 3 is 2.77 bits per heavy atom. The number of carbonyl (C=O) groups excluding carboxylic acids is 1. The molecule has 6 heteroatoms. The fourth-order valence-corrected chi connectivity index (χ4v) is 4.18. The number of carbonyl (C=O) groups is 1. The average Bonchev–Trinajstić information content (AvgIpc) is 2.68. The predicted octanol–water partition coefficient (Wildman–Crippen LogP) is 2.59. The summed E-state index contributed by atoms with van der Waals surface area (Å²) in [6.45, 7) is 1.33. The third-order valence-electron chi connectivity index (χ3n) is 5.62. The Bertz CT molecular complexity index is 841. The molecule has 0 spiro atoms. The SMILES string of the molecule is O=C(NC1CCCCC1)C1CCCN(c2nc3ccccc3[nH]c2=O)C1. The summed E-state index contributed by atoms with van der Waals surface area (Å²) in [4.78, 5) is 34.6. The van der Waals surface area contributed by atoms with Gasteiger partial charge < -0.3 is 15.2 Å². The van der Waals surface area contributed by atoms with Gasteiger partial charge in [-0.3, -0.25) is 9.59 Å². The maximum absolute atomic E-state index is 12.7. The molecule has 1 aromatic heterocycles. The van der Waals surface area contributed by atoms with E-state index in [0.29, 0.717) is 18.4 Å². The van der Waals surface area contributed by atoms with Gasteiger partial charge in [0.05, 0.1) is 17.0 Å². The molecule has 1 saturated heterocycles. The number of rotatable bonds is 3. The molecule has 6 nitrogen and oxygen atoms in total. The van der Waals surface area contributed by atoms with Crippen LogP contribution in [0.3, 0.4) is 0 Å². The van der Waals surface area contributed by atoms with E-state index in [1.54, 1.807) is 0 Å². The van der Waals surface area contributed by atoms with Gasteiger partial charge in [0, 0.05) is 19.1 Å². The number of nitrogens with one attached hydrogen (secondary N) is 2. The Hall–Kier alpha value is -2.37. The highest BCUT2D eigenvalue weighted by atomic mass is 16.2. The molecule has 4 rings (SSSR count). The van der Waals surface area contributed by atoms with Crippen molar-refractivity contribution in [2.24, 2.45) is 5.92 Å². The Kier molecular flexibility index (Phi) is 4.91. The lowest BCUT2D eigenvalue weighted by Gasteiger charge is -2.33. The average molecular weight is 354 g/mol. The van der Waals surface area contributed by atoms with E-state index < -0.39 is 0 Å². The van der Waals surface area contributed by atoms with Gasteiger partial charge in [-0.2, -0.15) is 0 Å². The number of aromatic amines is 1. The number of benzene rings is 1. The minimum Gasteiger partial charge on any atom is -0.353 e. The van der Waals surface area contributed by atoms with Gasteiger partial charge >= 0.3 is 0 Å². The highest BCUT2D eigenvalue weighted by molar-refractivity contribution is 5.80. The first-order valence-electron chi connectivity index (χ1n) is 9.75. The van der Waals surface area contributed by atoms with Crippen LogP contribution in [0.4, 0.5) is 5.82 Å². The van der Waals surface area contributed by atoms with E-state index in [4.69, 9.17) is 0 Å². The van der Waals surface area contributed by atoms with Crippen molar-refractivity contribution >= 4 is 22.8 Å². The van der Waals surface area contributed by atoms with Gasteiger partial charge in [-0.1, -0.05) is 31.4 Å². The normalized spacial score (nSPS) is 21.7. The van der Waals surface area contributed by atoms with Gasteiger partial charge in [-0.15, -0.1) is 0 Å². The lowest BCUT2D eigenvalue weighted by atomic mass is 9.93. The molecule has 26 heavy (non-hydrogen) atoms. The first kappa shape index (κ1) is 17.1. The molecule has 1 aromatic carbocycles.